The first-order valence-corrected chi connectivity index (χ1v) is 8.30. The first-order valence-electron chi connectivity index (χ1n) is 7.93. The van der Waals surface area contributed by atoms with E-state index in [0.717, 1.165) is 6.42 Å². The number of carbonyl (C=O) groups excluding carboxylic acids is 2. The van der Waals surface area contributed by atoms with Crippen LogP contribution in [0.4, 0.5) is 11.4 Å². The van der Waals surface area contributed by atoms with Crippen molar-refractivity contribution >= 4 is 34.8 Å². The van der Waals surface area contributed by atoms with Gasteiger partial charge in [0.1, 0.15) is 0 Å². The number of anilines is 2. The van der Waals surface area contributed by atoms with Crippen LogP contribution in [0.25, 0.3) is 0 Å². The van der Waals surface area contributed by atoms with Crippen LogP contribution in [0.1, 0.15) is 23.2 Å². The highest BCUT2D eigenvalue weighted by molar-refractivity contribution is 6.31. The van der Waals surface area contributed by atoms with Crippen molar-refractivity contribution in [3.05, 3.63) is 47.0 Å². The van der Waals surface area contributed by atoms with Gasteiger partial charge in [-0.05, 0) is 36.8 Å². The van der Waals surface area contributed by atoms with Crippen molar-refractivity contribution in [3.8, 4) is 11.5 Å². The van der Waals surface area contributed by atoms with E-state index >= 15 is 0 Å². The zero-order valence-electron chi connectivity index (χ0n) is 13.3. The number of halogens is 1. The average Bonchev–Trinajstić information content (AvgIpc) is 3.22. The van der Waals surface area contributed by atoms with Crippen LogP contribution in [-0.2, 0) is 4.79 Å². The lowest BCUT2D eigenvalue weighted by molar-refractivity contribution is -0.117. The molecule has 2 aromatic carbocycles. The molecule has 0 bridgehead atoms. The monoisotopic (exact) mass is 358 g/mol. The molecule has 0 atom stereocenters. The Hall–Kier alpha value is -2.73. The lowest BCUT2D eigenvalue weighted by Gasteiger charge is -2.19. The topological polar surface area (TPSA) is 67.9 Å². The number of benzene rings is 2. The lowest BCUT2D eigenvalue weighted by Crippen LogP contribution is -2.27. The highest BCUT2D eigenvalue weighted by Crippen LogP contribution is 2.35. The molecule has 7 heteroatoms. The van der Waals surface area contributed by atoms with Crippen molar-refractivity contribution in [2.75, 3.05) is 23.6 Å². The normalized spacial score (nSPS) is 15.6. The van der Waals surface area contributed by atoms with E-state index in [1.807, 2.05) is 0 Å². The SMILES string of the molecule is O=C(Nc1ccc2c(c1)OCO2)c1ccc(Cl)cc1N1CCCC1=O. The molecule has 1 N–H and O–H groups in total. The maximum absolute atomic E-state index is 12.7. The predicted molar refractivity (Wildman–Crippen MR) is 93.6 cm³/mol. The molecule has 0 aliphatic carbocycles. The molecule has 0 spiro atoms. The Labute approximate surface area is 149 Å². The zero-order valence-corrected chi connectivity index (χ0v) is 14.0. The van der Waals surface area contributed by atoms with Crippen molar-refractivity contribution < 1.29 is 19.1 Å². The Morgan fingerprint density at radius 3 is 2.76 bits per heavy atom. The molecular weight excluding hydrogens is 344 g/mol. The van der Waals surface area contributed by atoms with Crippen LogP contribution in [0, 0.1) is 0 Å². The highest BCUT2D eigenvalue weighted by Gasteiger charge is 2.26. The number of rotatable bonds is 3. The lowest BCUT2D eigenvalue weighted by atomic mass is 10.1. The van der Waals surface area contributed by atoms with Gasteiger partial charge in [0.25, 0.3) is 5.91 Å². The summed E-state index contributed by atoms with van der Waals surface area (Å²) in [5, 5.41) is 3.31. The van der Waals surface area contributed by atoms with Crippen molar-refractivity contribution in [1.82, 2.24) is 0 Å². The van der Waals surface area contributed by atoms with Crippen LogP contribution < -0.4 is 19.7 Å². The number of fused-ring (bicyclic) bond motifs is 1. The van der Waals surface area contributed by atoms with Crippen LogP contribution in [0.3, 0.4) is 0 Å². The number of nitrogens with one attached hydrogen (secondary N) is 1. The van der Waals surface area contributed by atoms with Gasteiger partial charge in [-0.1, -0.05) is 11.6 Å². The highest BCUT2D eigenvalue weighted by atomic mass is 35.5. The molecule has 1 fully saturated rings. The molecule has 2 amide bonds. The van der Waals surface area contributed by atoms with Gasteiger partial charge < -0.3 is 19.7 Å². The Morgan fingerprint density at radius 2 is 1.96 bits per heavy atom. The van der Waals surface area contributed by atoms with Crippen molar-refractivity contribution in [2.24, 2.45) is 0 Å². The molecule has 2 aliphatic heterocycles. The molecular formula is C18H15ClN2O4. The van der Waals surface area contributed by atoms with Gasteiger partial charge in [0.05, 0.1) is 11.3 Å². The molecule has 0 unspecified atom stereocenters. The second kappa shape index (κ2) is 6.29. The largest absolute Gasteiger partial charge is 0.454 e. The Balaban J connectivity index is 1.63. The first kappa shape index (κ1) is 15.8. The molecule has 2 aromatic rings. The van der Waals surface area contributed by atoms with E-state index < -0.39 is 0 Å². The zero-order chi connectivity index (χ0) is 17.4. The van der Waals surface area contributed by atoms with Crippen molar-refractivity contribution in [2.45, 2.75) is 12.8 Å². The van der Waals surface area contributed by atoms with Gasteiger partial charge >= 0.3 is 0 Å². The van der Waals surface area contributed by atoms with E-state index in [1.54, 1.807) is 41.3 Å². The average molecular weight is 359 g/mol. The third-order valence-electron chi connectivity index (χ3n) is 4.20. The molecule has 6 nitrogen and oxygen atoms in total. The van der Waals surface area contributed by atoms with Crippen LogP contribution in [0.15, 0.2) is 36.4 Å². The number of nitrogens with zero attached hydrogens (tertiary/aromatic N) is 1. The number of amides is 2. The molecule has 1 saturated heterocycles. The molecule has 0 aromatic heterocycles. The Bertz CT molecular complexity index is 868. The fourth-order valence-corrected chi connectivity index (χ4v) is 3.16. The summed E-state index contributed by atoms with van der Waals surface area (Å²) < 4.78 is 10.6. The minimum absolute atomic E-state index is 0.000559. The van der Waals surface area contributed by atoms with Gasteiger partial charge in [-0.15, -0.1) is 0 Å². The summed E-state index contributed by atoms with van der Waals surface area (Å²) >= 11 is 6.07. The Morgan fingerprint density at radius 1 is 1.12 bits per heavy atom. The van der Waals surface area contributed by atoms with E-state index in [9.17, 15) is 9.59 Å². The van der Waals surface area contributed by atoms with Gasteiger partial charge in [0, 0.05) is 29.7 Å². The van der Waals surface area contributed by atoms with Crippen molar-refractivity contribution in [1.29, 1.82) is 0 Å². The summed E-state index contributed by atoms with van der Waals surface area (Å²) in [6.45, 7) is 0.759. The second-order valence-corrected chi connectivity index (χ2v) is 6.27. The second-order valence-electron chi connectivity index (χ2n) is 5.83. The van der Waals surface area contributed by atoms with E-state index in [4.69, 9.17) is 21.1 Å². The standard InChI is InChI=1S/C18H15ClN2O4/c19-11-3-5-13(14(8-11)21-7-1-2-17(21)22)18(23)20-12-4-6-15-16(9-12)25-10-24-15/h3-6,8-9H,1-2,7,10H2,(H,20,23). The Kier molecular flexibility index (Phi) is 3.97. The maximum atomic E-state index is 12.7. The quantitative estimate of drug-likeness (QED) is 0.912. The van der Waals surface area contributed by atoms with Gasteiger partial charge in [-0.2, -0.15) is 0 Å². The third-order valence-corrected chi connectivity index (χ3v) is 4.43. The van der Waals surface area contributed by atoms with Crippen LogP contribution >= 0.6 is 11.6 Å². The molecule has 0 radical (unpaired) electrons. The number of carbonyl (C=O) groups is 2. The minimum atomic E-state index is -0.315. The first-order chi connectivity index (χ1) is 12.1. The maximum Gasteiger partial charge on any atom is 0.257 e. The fourth-order valence-electron chi connectivity index (χ4n) is 3.00. The number of hydrogen-bond donors (Lipinski definition) is 1. The summed E-state index contributed by atoms with van der Waals surface area (Å²) in [7, 11) is 0. The summed E-state index contributed by atoms with van der Waals surface area (Å²) in [4.78, 5) is 26.4. The van der Waals surface area contributed by atoms with E-state index in [0.29, 0.717) is 46.4 Å². The van der Waals surface area contributed by atoms with Crippen LogP contribution in [0.5, 0.6) is 11.5 Å². The molecule has 2 aliphatic rings. The number of ether oxygens (including phenoxy) is 2. The fraction of sp³-hybridized carbons (Fsp3) is 0.222. The molecule has 128 valence electrons. The van der Waals surface area contributed by atoms with E-state index in [-0.39, 0.29) is 18.6 Å². The smallest absolute Gasteiger partial charge is 0.257 e. The van der Waals surface area contributed by atoms with Gasteiger partial charge in [0.15, 0.2) is 11.5 Å². The van der Waals surface area contributed by atoms with Crippen molar-refractivity contribution in [3.63, 3.8) is 0 Å². The summed E-state index contributed by atoms with van der Waals surface area (Å²) in [6.07, 6.45) is 1.25. The molecule has 4 rings (SSSR count). The molecule has 2 heterocycles. The summed E-state index contributed by atoms with van der Waals surface area (Å²) in [5.41, 5.74) is 1.52. The number of hydrogen-bond acceptors (Lipinski definition) is 4. The summed E-state index contributed by atoms with van der Waals surface area (Å²) in [5.74, 6) is 0.918. The third kappa shape index (κ3) is 3.00. The predicted octanol–water partition coefficient (Wildman–Crippen LogP) is 3.45. The summed E-state index contributed by atoms with van der Waals surface area (Å²) in [6, 6.07) is 10.1. The minimum Gasteiger partial charge on any atom is -0.454 e. The van der Waals surface area contributed by atoms with Crippen LogP contribution in [-0.4, -0.2) is 25.2 Å². The van der Waals surface area contributed by atoms with Crippen LogP contribution in [0.2, 0.25) is 5.02 Å². The van der Waals surface area contributed by atoms with Gasteiger partial charge in [0.2, 0.25) is 12.7 Å². The van der Waals surface area contributed by atoms with Gasteiger partial charge in [-0.3, -0.25) is 9.59 Å². The van der Waals surface area contributed by atoms with Gasteiger partial charge in [-0.25, -0.2) is 0 Å². The molecule has 25 heavy (non-hydrogen) atoms. The van der Waals surface area contributed by atoms with E-state index in [1.165, 1.54) is 0 Å². The van der Waals surface area contributed by atoms with E-state index in [2.05, 4.69) is 5.32 Å². The molecule has 0 saturated carbocycles.